The monoisotopic (exact) mass is 266 g/mol. The number of carbonyl (C=O) groups is 3. The van der Waals surface area contributed by atoms with Gasteiger partial charge >= 0.3 is 11.8 Å². The van der Waals surface area contributed by atoms with Crippen molar-refractivity contribution >= 4 is 23.4 Å². The molecule has 8 heteroatoms. The number of aryl methyl sites for hydroxylation is 2. The van der Waals surface area contributed by atoms with Crippen LogP contribution in [0.25, 0.3) is 0 Å². The Bertz CT molecular complexity index is 517. The van der Waals surface area contributed by atoms with E-state index in [2.05, 4.69) is 15.8 Å². The standard InChI is InChI=1S/C11H14N4O4/c1-6-9(7(2)19-14-6)13-10(17)11(18)15-4-3-12-8(16)5-15/h3-5H2,1-2H3,(H,12,16)(H,13,17). The van der Waals surface area contributed by atoms with Crippen LogP contribution in [0.3, 0.4) is 0 Å². The molecule has 0 aliphatic carbocycles. The summed E-state index contributed by atoms with van der Waals surface area (Å²) in [4.78, 5) is 36.1. The van der Waals surface area contributed by atoms with Crippen LogP contribution in [0.2, 0.25) is 0 Å². The van der Waals surface area contributed by atoms with Crippen LogP contribution in [-0.2, 0) is 14.4 Å². The van der Waals surface area contributed by atoms with E-state index in [9.17, 15) is 14.4 Å². The molecule has 1 aliphatic rings. The first-order valence-electron chi connectivity index (χ1n) is 5.79. The van der Waals surface area contributed by atoms with Crippen molar-refractivity contribution in [2.24, 2.45) is 0 Å². The van der Waals surface area contributed by atoms with E-state index in [1.54, 1.807) is 13.8 Å². The number of carbonyl (C=O) groups excluding carboxylic acids is 3. The SMILES string of the molecule is Cc1noc(C)c1NC(=O)C(=O)N1CCNC(=O)C1. The third kappa shape index (κ3) is 2.72. The van der Waals surface area contributed by atoms with Gasteiger partial charge in [0.2, 0.25) is 5.91 Å². The fourth-order valence-electron chi connectivity index (χ4n) is 1.78. The van der Waals surface area contributed by atoms with Gasteiger partial charge in [-0.25, -0.2) is 0 Å². The molecule has 0 atom stereocenters. The number of piperazine rings is 1. The molecule has 2 N–H and O–H groups in total. The lowest BCUT2D eigenvalue weighted by atomic mass is 10.3. The molecule has 1 saturated heterocycles. The highest BCUT2D eigenvalue weighted by Gasteiger charge is 2.27. The molecule has 8 nitrogen and oxygen atoms in total. The van der Waals surface area contributed by atoms with E-state index in [4.69, 9.17) is 4.52 Å². The molecule has 0 spiro atoms. The fourth-order valence-corrected chi connectivity index (χ4v) is 1.78. The van der Waals surface area contributed by atoms with Crippen LogP contribution in [-0.4, -0.2) is 47.4 Å². The summed E-state index contributed by atoms with van der Waals surface area (Å²) in [6, 6.07) is 0. The van der Waals surface area contributed by atoms with Gasteiger partial charge in [-0.15, -0.1) is 0 Å². The minimum absolute atomic E-state index is 0.103. The van der Waals surface area contributed by atoms with Gasteiger partial charge in [-0.2, -0.15) is 0 Å². The molecule has 19 heavy (non-hydrogen) atoms. The molecule has 0 aromatic carbocycles. The second kappa shape index (κ2) is 5.09. The molecule has 1 aromatic rings. The lowest BCUT2D eigenvalue weighted by molar-refractivity contribution is -0.145. The van der Waals surface area contributed by atoms with Gasteiger partial charge in [-0.3, -0.25) is 14.4 Å². The molecule has 102 valence electrons. The minimum Gasteiger partial charge on any atom is -0.359 e. The summed E-state index contributed by atoms with van der Waals surface area (Å²) in [7, 11) is 0. The number of amides is 3. The summed E-state index contributed by atoms with van der Waals surface area (Å²) in [6.45, 7) is 3.86. The number of aromatic nitrogens is 1. The van der Waals surface area contributed by atoms with E-state index >= 15 is 0 Å². The zero-order valence-electron chi connectivity index (χ0n) is 10.6. The van der Waals surface area contributed by atoms with E-state index in [0.29, 0.717) is 30.2 Å². The highest BCUT2D eigenvalue weighted by atomic mass is 16.5. The summed E-state index contributed by atoms with van der Waals surface area (Å²) < 4.78 is 4.88. The van der Waals surface area contributed by atoms with Crippen LogP contribution in [0.15, 0.2) is 4.52 Å². The molecule has 0 bridgehead atoms. The van der Waals surface area contributed by atoms with Crippen LogP contribution in [0.1, 0.15) is 11.5 Å². The molecule has 2 rings (SSSR count). The van der Waals surface area contributed by atoms with Gasteiger partial charge in [-0.1, -0.05) is 5.16 Å². The first-order valence-corrected chi connectivity index (χ1v) is 5.79. The summed E-state index contributed by atoms with van der Waals surface area (Å²) in [5, 5.41) is 8.71. The second-order valence-corrected chi connectivity index (χ2v) is 4.23. The number of nitrogens with zero attached hydrogens (tertiary/aromatic N) is 2. The van der Waals surface area contributed by atoms with Crippen LogP contribution >= 0.6 is 0 Å². The zero-order chi connectivity index (χ0) is 14.0. The van der Waals surface area contributed by atoms with E-state index in [1.807, 2.05) is 0 Å². The van der Waals surface area contributed by atoms with Gasteiger partial charge in [0, 0.05) is 13.1 Å². The smallest absolute Gasteiger partial charge is 0.314 e. The number of anilines is 1. The largest absolute Gasteiger partial charge is 0.359 e. The molecule has 1 aromatic heterocycles. The maximum atomic E-state index is 11.9. The second-order valence-electron chi connectivity index (χ2n) is 4.23. The number of nitrogens with one attached hydrogen (secondary N) is 2. The highest BCUT2D eigenvalue weighted by molar-refractivity contribution is 6.40. The summed E-state index contributed by atoms with van der Waals surface area (Å²) in [6.07, 6.45) is 0. The van der Waals surface area contributed by atoms with Gasteiger partial charge in [0.05, 0.1) is 0 Å². The third-order valence-electron chi connectivity index (χ3n) is 2.79. The van der Waals surface area contributed by atoms with Crippen molar-refractivity contribution in [2.75, 3.05) is 25.0 Å². The Morgan fingerprint density at radius 1 is 1.42 bits per heavy atom. The van der Waals surface area contributed by atoms with Crippen molar-refractivity contribution in [1.29, 1.82) is 0 Å². The average Bonchev–Trinajstić information content (AvgIpc) is 2.69. The van der Waals surface area contributed by atoms with Crippen LogP contribution < -0.4 is 10.6 Å². The minimum atomic E-state index is -0.802. The molecule has 3 amide bonds. The molecule has 0 radical (unpaired) electrons. The molecule has 2 heterocycles. The Hall–Kier alpha value is -2.38. The molecule has 0 unspecified atom stereocenters. The van der Waals surface area contributed by atoms with E-state index in [-0.39, 0.29) is 12.5 Å². The highest BCUT2D eigenvalue weighted by Crippen LogP contribution is 2.18. The zero-order valence-corrected chi connectivity index (χ0v) is 10.6. The van der Waals surface area contributed by atoms with Crippen molar-refractivity contribution in [2.45, 2.75) is 13.8 Å². The predicted octanol–water partition coefficient (Wildman–Crippen LogP) is -0.812. The van der Waals surface area contributed by atoms with Crippen molar-refractivity contribution in [1.82, 2.24) is 15.4 Å². The summed E-state index contributed by atoms with van der Waals surface area (Å²) in [5.41, 5.74) is 0.884. The van der Waals surface area contributed by atoms with Crippen molar-refractivity contribution < 1.29 is 18.9 Å². The van der Waals surface area contributed by atoms with E-state index in [1.165, 1.54) is 4.90 Å². The van der Waals surface area contributed by atoms with Gasteiger partial charge < -0.3 is 20.1 Å². The first kappa shape index (κ1) is 13.1. The molecule has 1 aliphatic heterocycles. The van der Waals surface area contributed by atoms with Gasteiger partial charge in [0.25, 0.3) is 0 Å². The van der Waals surface area contributed by atoms with Crippen LogP contribution in [0, 0.1) is 13.8 Å². The first-order chi connectivity index (χ1) is 8.99. The average molecular weight is 266 g/mol. The Morgan fingerprint density at radius 3 is 2.74 bits per heavy atom. The normalized spacial score (nSPS) is 15.1. The Balaban J connectivity index is 2.04. The number of hydrogen-bond acceptors (Lipinski definition) is 5. The van der Waals surface area contributed by atoms with Crippen LogP contribution in [0.5, 0.6) is 0 Å². The summed E-state index contributed by atoms with van der Waals surface area (Å²) in [5.74, 6) is -1.39. The van der Waals surface area contributed by atoms with E-state index in [0.717, 1.165) is 0 Å². The summed E-state index contributed by atoms with van der Waals surface area (Å²) >= 11 is 0. The van der Waals surface area contributed by atoms with Crippen molar-refractivity contribution in [3.63, 3.8) is 0 Å². The van der Waals surface area contributed by atoms with E-state index < -0.39 is 11.8 Å². The lowest BCUT2D eigenvalue weighted by Crippen LogP contribution is -2.52. The fraction of sp³-hybridized carbons (Fsp3) is 0.455. The van der Waals surface area contributed by atoms with Gasteiger partial charge in [0.15, 0.2) is 5.76 Å². The third-order valence-corrected chi connectivity index (χ3v) is 2.79. The van der Waals surface area contributed by atoms with Gasteiger partial charge in [-0.05, 0) is 13.8 Å². The van der Waals surface area contributed by atoms with Crippen LogP contribution in [0.4, 0.5) is 5.69 Å². The maximum Gasteiger partial charge on any atom is 0.314 e. The predicted molar refractivity (Wildman–Crippen MR) is 64.2 cm³/mol. The number of hydrogen-bond donors (Lipinski definition) is 2. The maximum absolute atomic E-state index is 11.9. The molecule has 1 fully saturated rings. The molecule has 0 saturated carbocycles. The Kier molecular flexibility index (Phi) is 3.50. The lowest BCUT2D eigenvalue weighted by Gasteiger charge is -2.25. The molecular formula is C11H14N4O4. The quantitative estimate of drug-likeness (QED) is 0.647. The van der Waals surface area contributed by atoms with Gasteiger partial charge in [0.1, 0.15) is 17.9 Å². The van der Waals surface area contributed by atoms with Crippen molar-refractivity contribution in [3.8, 4) is 0 Å². The Morgan fingerprint density at radius 2 is 2.16 bits per heavy atom. The van der Waals surface area contributed by atoms with Crippen molar-refractivity contribution in [3.05, 3.63) is 11.5 Å². The Labute approximate surface area is 109 Å². The molecular weight excluding hydrogens is 252 g/mol. The topological polar surface area (TPSA) is 105 Å². The number of rotatable bonds is 1.